The number of H-pyrrole nitrogens is 1. The molecular formula is C19H18N6O4. The van der Waals surface area contributed by atoms with Gasteiger partial charge in [-0.3, -0.25) is 9.78 Å². The first-order valence-electron chi connectivity index (χ1n) is 8.56. The van der Waals surface area contributed by atoms with Gasteiger partial charge in [0.2, 0.25) is 11.7 Å². The SMILES string of the molecule is COc1cc(-n2cc(-c3ccc4nc(N)[nH]c(=O)c4c3)nn2)cc(OC)c1OC. The molecule has 0 saturated carbocycles. The number of anilines is 1. The molecule has 0 fully saturated rings. The number of benzene rings is 2. The van der Waals surface area contributed by atoms with Gasteiger partial charge in [-0.05, 0) is 12.1 Å². The fraction of sp³-hybridized carbons (Fsp3) is 0.158. The molecule has 0 unspecified atom stereocenters. The van der Waals surface area contributed by atoms with Crippen LogP contribution in [0.15, 0.2) is 41.3 Å². The second-order valence-corrected chi connectivity index (χ2v) is 6.11. The molecule has 0 atom stereocenters. The number of fused-ring (bicyclic) bond motifs is 1. The second-order valence-electron chi connectivity index (χ2n) is 6.11. The lowest BCUT2D eigenvalue weighted by atomic mass is 10.1. The van der Waals surface area contributed by atoms with Gasteiger partial charge >= 0.3 is 0 Å². The van der Waals surface area contributed by atoms with E-state index in [-0.39, 0.29) is 11.5 Å². The molecule has 2 aromatic heterocycles. The number of hydrogen-bond acceptors (Lipinski definition) is 8. The van der Waals surface area contributed by atoms with Crippen molar-refractivity contribution in [3.63, 3.8) is 0 Å². The summed E-state index contributed by atoms with van der Waals surface area (Å²) in [5, 5.41) is 8.81. The molecule has 4 aromatic rings. The molecule has 10 heteroatoms. The minimum atomic E-state index is -0.314. The number of methoxy groups -OCH3 is 3. The van der Waals surface area contributed by atoms with E-state index in [1.807, 2.05) is 0 Å². The van der Waals surface area contributed by atoms with Gasteiger partial charge in [-0.2, -0.15) is 0 Å². The number of aromatic nitrogens is 5. The van der Waals surface area contributed by atoms with Gasteiger partial charge in [0, 0.05) is 17.7 Å². The van der Waals surface area contributed by atoms with Crippen molar-refractivity contribution in [3.05, 3.63) is 46.9 Å². The first kappa shape index (κ1) is 18.3. The smallest absolute Gasteiger partial charge is 0.260 e. The van der Waals surface area contributed by atoms with Gasteiger partial charge in [0.25, 0.3) is 5.56 Å². The Hall–Kier alpha value is -4.08. The Morgan fingerprint density at radius 2 is 1.76 bits per heavy atom. The van der Waals surface area contributed by atoms with Gasteiger partial charge in [-0.1, -0.05) is 11.3 Å². The van der Waals surface area contributed by atoms with Gasteiger partial charge in [0.15, 0.2) is 11.5 Å². The average Bonchev–Trinajstić information content (AvgIpc) is 3.22. The van der Waals surface area contributed by atoms with Gasteiger partial charge in [-0.15, -0.1) is 5.10 Å². The fourth-order valence-corrected chi connectivity index (χ4v) is 3.04. The molecule has 0 aliphatic heterocycles. The largest absolute Gasteiger partial charge is 0.493 e. The number of nitrogens with two attached hydrogens (primary N) is 1. The van der Waals surface area contributed by atoms with Gasteiger partial charge in [-0.25, -0.2) is 9.67 Å². The molecule has 148 valence electrons. The van der Waals surface area contributed by atoms with E-state index >= 15 is 0 Å². The molecule has 2 aromatic carbocycles. The summed E-state index contributed by atoms with van der Waals surface area (Å²) in [5.74, 6) is 1.56. The summed E-state index contributed by atoms with van der Waals surface area (Å²) in [6.07, 6.45) is 1.74. The van der Waals surface area contributed by atoms with E-state index in [2.05, 4.69) is 20.3 Å². The van der Waals surface area contributed by atoms with Crippen LogP contribution in [0, 0.1) is 0 Å². The Bertz CT molecular complexity index is 1240. The van der Waals surface area contributed by atoms with Crippen molar-refractivity contribution in [1.29, 1.82) is 0 Å². The third kappa shape index (κ3) is 3.20. The standard InChI is InChI=1S/C19H18N6O4/c1-27-15-7-11(8-16(28-2)17(15)29-3)25-9-14(23-24-25)10-4-5-13-12(6-10)18(26)22-19(20)21-13/h4-9H,1-3H3,(H3,20,21,22,26). The van der Waals surface area contributed by atoms with Crippen LogP contribution < -0.4 is 25.5 Å². The highest BCUT2D eigenvalue weighted by molar-refractivity contribution is 5.83. The average molecular weight is 394 g/mol. The first-order valence-corrected chi connectivity index (χ1v) is 8.56. The van der Waals surface area contributed by atoms with E-state index in [0.29, 0.717) is 45.1 Å². The first-order chi connectivity index (χ1) is 14.0. The Labute approximate surface area is 164 Å². The van der Waals surface area contributed by atoms with Crippen molar-refractivity contribution >= 4 is 16.9 Å². The van der Waals surface area contributed by atoms with Crippen molar-refractivity contribution in [2.45, 2.75) is 0 Å². The highest BCUT2D eigenvalue weighted by Gasteiger charge is 2.16. The highest BCUT2D eigenvalue weighted by atomic mass is 16.5. The second kappa shape index (κ2) is 7.15. The van der Waals surface area contributed by atoms with Crippen LogP contribution in [-0.4, -0.2) is 46.3 Å². The number of nitrogens with zero attached hydrogens (tertiary/aromatic N) is 4. The van der Waals surface area contributed by atoms with E-state index in [0.717, 1.165) is 0 Å². The molecule has 29 heavy (non-hydrogen) atoms. The van der Waals surface area contributed by atoms with E-state index in [9.17, 15) is 4.79 Å². The number of hydrogen-bond donors (Lipinski definition) is 2. The van der Waals surface area contributed by atoms with Crippen LogP contribution in [0.2, 0.25) is 0 Å². The van der Waals surface area contributed by atoms with E-state index in [4.69, 9.17) is 19.9 Å². The lowest BCUT2D eigenvalue weighted by Gasteiger charge is -2.13. The van der Waals surface area contributed by atoms with Crippen molar-refractivity contribution in [3.8, 4) is 34.2 Å². The summed E-state index contributed by atoms with van der Waals surface area (Å²) in [6.45, 7) is 0. The molecule has 0 spiro atoms. The van der Waals surface area contributed by atoms with E-state index in [1.165, 1.54) is 7.11 Å². The molecule has 0 amide bonds. The topological polar surface area (TPSA) is 130 Å². The van der Waals surface area contributed by atoms with Gasteiger partial charge < -0.3 is 19.9 Å². The molecule has 0 radical (unpaired) electrons. The predicted molar refractivity (Wildman–Crippen MR) is 107 cm³/mol. The molecule has 4 rings (SSSR count). The normalized spacial score (nSPS) is 10.9. The van der Waals surface area contributed by atoms with Crippen LogP contribution in [-0.2, 0) is 0 Å². The van der Waals surface area contributed by atoms with E-state index in [1.54, 1.807) is 55.4 Å². The fourth-order valence-electron chi connectivity index (χ4n) is 3.04. The number of aromatic amines is 1. The summed E-state index contributed by atoms with van der Waals surface area (Å²) in [6, 6.07) is 8.74. The van der Waals surface area contributed by atoms with Crippen LogP contribution in [0.4, 0.5) is 5.95 Å². The molecule has 0 aliphatic carbocycles. The zero-order valence-corrected chi connectivity index (χ0v) is 16.0. The third-order valence-electron chi connectivity index (χ3n) is 4.43. The maximum absolute atomic E-state index is 12.2. The summed E-state index contributed by atoms with van der Waals surface area (Å²) in [7, 11) is 4.62. The zero-order valence-electron chi connectivity index (χ0n) is 16.0. The molecule has 0 saturated heterocycles. The summed E-state index contributed by atoms with van der Waals surface area (Å²) in [5.41, 5.74) is 7.75. The predicted octanol–water partition coefficient (Wildman–Crippen LogP) is 1.78. The number of nitrogens with one attached hydrogen (secondary N) is 1. The minimum Gasteiger partial charge on any atom is -0.493 e. The molecule has 0 bridgehead atoms. The lowest BCUT2D eigenvalue weighted by Crippen LogP contribution is -2.11. The van der Waals surface area contributed by atoms with Crippen molar-refractivity contribution in [1.82, 2.24) is 25.0 Å². The highest BCUT2D eigenvalue weighted by Crippen LogP contribution is 2.39. The Kier molecular flexibility index (Phi) is 4.51. The van der Waals surface area contributed by atoms with Crippen LogP contribution in [0.3, 0.4) is 0 Å². The van der Waals surface area contributed by atoms with Crippen LogP contribution in [0.5, 0.6) is 17.2 Å². The number of nitrogen functional groups attached to an aromatic ring is 1. The maximum atomic E-state index is 12.2. The summed E-state index contributed by atoms with van der Waals surface area (Å²) >= 11 is 0. The van der Waals surface area contributed by atoms with Gasteiger partial charge in [0.05, 0.1) is 44.1 Å². The minimum absolute atomic E-state index is 0.0728. The lowest BCUT2D eigenvalue weighted by molar-refractivity contribution is 0.324. The van der Waals surface area contributed by atoms with Crippen LogP contribution in [0.1, 0.15) is 0 Å². The quantitative estimate of drug-likeness (QED) is 0.524. The molecule has 10 nitrogen and oxygen atoms in total. The Morgan fingerprint density at radius 3 is 2.41 bits per heavy atom. The maximum Gasteiger partial charge on any atom is 0.260 e. The molecular weight excluding hydrogens is 376 g/mol. The summed E-state index contributed by atoms with van der Waals surface area (Å²) in [4.78, 5) is 18.8. The molecule has 3 N–H and O–H groups in total. The van der Waals surface area contributed by atoms with E-state index < -0.39 is 0 Å². The monoisotopic (exact) mass is 394 g/mol. The van der Waals surface area contributed by atoms with Crippen molar-refractivity contribution < 1.29 is 14.2 Å². The van der Waals surface area contributed by atoms with Crippen LogP contribution in [0.25, 0.3) is 27.8 Å². The number of ether oxygens (including phenoxy) is 3. The van der Waals surface area contributed by atoms with Crippen LogP contribution >= 0.6 is 0 Å². The Balaban J connectivity index is 1.78. The van der Waals surface area contributed by atoms with Crippen molar-refractivity contribution in [2.75, 3.05) is 27.1 Å². The zero-order chi connectivity index (χ0) is 20.5. The number of rotatable bonds is 5. The van der Waals surface area contributed by atoms with Crippen molar-refractivity contribution in [2.24, 2.45) is 0 Å². The Morgan fingerprint density at radius 1 is 1.03 bits per heavy atom. The third-order valence-corrected chi connectivity index (χ3v) is 4.43. The summed E-state index contributed by atoms with van der Waals surface area (Å²) < 4.78 is 17.7. The molecule has 0 aliphatic rings. The van der Waals surface area contributed by atoms with Gasteiger partial charge in [0.1, 0.15) is 5.69 Å². The molecule has 2 heterocycles.